The summed E-state index contributed by atoms with van der Waals surface area (Å²) in [7, 11) is 1.61. The Bertz CT molecular complexity index is 1400. The van der Waals surface area contributed by atoms with Crippen LogP contribution in [0.5, 0.6) is 5.88 Å². The molecule has 0 amide bonds. The fourth-order valence-corrected chi connectivity index (χ4v) is 5.51. The van der Waals surface area contributed by atoms with Gasteiger partial charge in [0.05, 0.1) is 18.3 Å². The van der Waals surface area contributed by atoms with Gasteiger partial charge in [-0.3, -0.25) is 14.1 Å². The number of nitrogens with one attached hydrogen (secondary N) is 1. The van der Waals surface area contributed by atoms with Gasteiger partial charge >= 0.3 is 0 Å². The highest BCUT2D eigenvalue weighted by Crippen LogP contribution is 2.21. The van der Waals surface area contributed by atoms with E-state index in [2.05, 4.69) is 45.5 Å². The smallest absolute Gasteiger partial charge is 0.277 e. The van der Waals surface area contributed by atoms with E-state index in [1.807, 2.05) is 34.9 Å². The molecule has 1 aromatic carbocycles. The van der Waals surface area contributed by atoms with Gasteiger partial charge in [-0.05, 0) is 63.9 Å². The third-order valence-electron chi connectivity index (χ3n) is 7.50. The van der Waals surface area contributed by atoms with Gasteiger partial charge in [0.25, 0.3) is 5.56 Å². The number of nitrogens with zero attached hydrogens (tertiary/aromatic N) is 5. The topological polar surface area (TPSA) is 76.7 Å². The SMILES string of the molecule is CCc1nc(C)c2c(=O)n(CCCCNC3CCN(Cc4ccccc4)CC3)c3ccc(OC)nc3n12. The summed E-state index contributed by atoms with van der Waals surface area (Å²) in [6, 6.07) is 15.1. The van der Waals surface area contributed by atoms with Gasteiger partial charge in [-0.25, -0.2) is 4.98 Å². The van der Waals surface area contributed by atoms with Gasteiger partial charge in [-0.15, -0.1) is 0 Å². The average Bonchev–Trinajstić information content (AvgIpc) is 3.28. The van der Waals surface area contributed by atoms with Gasteiger partial charge in [0.15, 0.2) is 5.65 Å². The molecule has 5 rings (SSSR count). The van der Waals surface area contributed by atoms with Crippen molar-refractivity contribution in [2.75, 3.05) is 26.7 Å². The largest absolute Gasteiger partial charge is 0.481 e. The summed E-state index contributed by atoms with van der Waals surface area (Å²) < 4.78 is 9.17. The van der Waals surface area contributed by atoms with Crippen LogP contribution in [-0.4, -0.2) is 56.6 Å². The first-order chi connectivity index (χ1) is 18.1. The van der Waals surface area contributed by atoms with Gasteiger partial charge in [0.1, 0.15) is 11.3 Å². The fraction of sp³-hybridized carbons (Fsp3) is 0.483. The van der Waals surface area contributed by atoms with Crippen molar-refractivity contribution in [1.29, 1.82) is 0 Å². The first kappa shape index (κ1) is 25.4. The summed E-state index contributed by atoms with van der Waals surface area (Å²) in [5.74, 6) is 1.38. The highest BCUT2D eigenvalue weighted by molar-refractivity contribution is 5.77. The van der Waals surface area contributed by atoms with Crippen molar-refractivity contribution >= 4 is 16.7 Å². The quantitative estimate of drug-likeness (QED) is 0.331. The zero-order valence-corrected chi connectivity index (χ0v) is 22.2. The van der Waals surface area contributed by atoms with Crippen molar-refractivity contribution in [2.24, 2.45) is 0 Å². The van der Waals surface area contributed by atoms with Crippen LogP contribution >= 0.6 is 0 Å². The fourth-order valence-electron chi connectivity index (χ4n) is 5.51. The number of ether oxygens (including phenoxy) is 1. The van der Waals surface area contributed by atoms with E-state index < -0.39 is 0 Å². The number of hydrogen-bond donors (Lipinski definition) is 1. The van der Waals surface area contributed by atoms with Crippen LogP contribution < -0.4 is 15.6 Å². The Morgan fingerprint density at radius 3 is 2.57 bits per heavy atom. The Labute approximate surface area is 218 Å². The predicted octanol–water partition coefficient (Wildman–Crippen LogP) is 3.96. The molecule has 1 saturated heterocycles. The van der Waals surface area contributed by atoms with Crippen molar-refractivity contribution in [3.05, 3.63) is 69.9 Å². The molecule has 0 radical (unpaired) electrons. The van der Waals surface area contributed by atoms with Crippen LogP contribution in [0.4, 0.5) is 0 Å². The molecule has 1 N–H and O–H groups in total. The molecular formula is C29H38N6O2. The van der Waals surface area contributed by atoms with E-state index in [0.29, 0.717) is 24.0 Å². The second-order valence-electron chi connectivity index (χ2n) is 10.0. The molecule has 4 aromatic rings. The summed E-state index contributed by atoms with van der Waals surface area (Å²) in [6.45, 7) is 8.88. The van der Waals surface area contributed by atoms with E-state index in [1.165, 1.54) is 18.4 Å². The molecule has 196 valence electrons. The Morgan fingerprint density at radius 2 is 1.84 bits per heavy atom. The lowest BCUT2D eigenvalue weighted by Gasteiger charge is -2.32. The highest BCUT2D eigenvalue weighted by atomic mass is 16.5. The van der Waals surface area contributed by atoms with Gasteiger partial charge in [0.2, 0.25) is 5.88 Å². The van der Waals surface area contributed by atoms with Crippen LogP contribution in [0.25, 0.3) is 16.7 Å². The number of piperidine rings is 1. The third kappa shape index (κ3) is 5.40. The molecule has 0 unspecified atom stereocenters. The van der Waals surface area contributed by atoms with Gasteiger partial charge < -0.3 is 14.6 Å². The van der Waals surface area contributed by atoms with Crippen molar-refractivity contribution < 1.29 is 4.74 Å². The van der Waals surface area contributed by atoms with Crippen molar-refractivity contribution in [2.45, 2.75) is 65.1 Å². The molecule has 0 bridgehead atoms. The first-order valence-corrected chi connectivity index (χ1v) is 13.5. The standard InChI is InChI=1S/C29H38N6O2/c1-4-25-31-21(2)27-29(36)34(24-12-13-26(37-3)32-28(24)35(25)27)17-9-8-16-30-23-14-18-33(19-15-23)20-22-10-6-5-7-11-22/h5-7,10-13,23,30H,4,8-9,14-20H2,1-3H3. The van der Waals surface area contributed by atoms with Crippen LogP contribution in [0.1, 0.15) is 49.7 Å². The van der Waals surface area contributed by atoms with Crippen LogP contribution in [0, 0.1) is 6.92 Å². The number of hydrogen-bond acceptors (Lipinski definition) is 6. The molecule has 0 aliphatic carbocycles. The Hall–Kier alpha value is -3.23. The van der Waals surface area contributed by atoms with Crippen molar-refractivity contribution in [1.82, 2.24) is 29.2 Å². The van der Waals surface area contributed by atoms with E-state index in [-0.39, 0.29) is 5.56 Å². The number of fused-ring (bicyclic) bond motifs is 3. The molecule has 0 spiro atoms. The molecule has 1 aliphatic rings. The van der Waals surface area contributed by atoms with E-state index in [0.717, 1.165) is 68.1 Å². The van der Waals surface area contributed by atoms with Crippen molar-refractivity contribution in [3.8, 4) is 5.88 Å². The second kappa shape index (κ2) is 11.4. The van der Waals surface area contributed by atoms with Crippen LogP contribution in [0.15, 0.2) is 47.3 Å². The van der Waals surface area contributed by atoms with E-state index >= 15 is 0 Å². The summed E-state index contributed by atoms with van der Waals surface area (Å²) >= 11 is 0. The number of rotatable bonds is 10. The number of pyridine rings is 1. The minimum absolute atomic E-state index is 0.00270. The maximum absolute atomic E-state index is 13.5. The minimum atomic E-state index is 0.00270. The summed E-state index contributed by atoms with van der Waals surface area (Å²) in [4.78, 5) is 25.5. The van der Waals surface area contributed by atoms with Gasteiger partial charge in [-0.2, -0.15) is 4.98 Å². The lowest BCUT2D eigenvalue weighted by Crippen LogP contribution is -2.42. The monoisotopic (exact) mass is 502 g/mol. The van der Waals surface area contributed by atoms with Crippen molar-refractivity contribution in [3.63, 3.8) is 0 Å². The van der Waals surface area contributed by atoms with Crippen LogP contribution in [0.2, 0.25) is 0 Å². The normalized spacial score (nSPS) is 15.1. The maximum Gasteiger partial charge on any atom is 0.277 e. The average molecular weight is 503 g/mol. The first-order valence-electron chi connectivity index (χ1n) is 13.5. The molecule has 0 atom stereocenters. The third-order valence-corrected chi connectivity index (χ3v) is 7.50. The number of imidazole rings is 1. The Morgan fingerprint density at radius 1 is 1.05 bits per heavy atom. The lowest BCUT2D eigenvalue weighted by molar-refractivity contribution is 0.190. The van der Waals surface area contributed by atoms with E-state index in [4.69, 9.17) is 9.72 Å². The summed E-state index contributed by atoms with van der Waals surface area (Å²) in [5, 5.41) is 3.75. The molecular weight excluding hydrogens is 464 g/mol. The van der Waals surface area contributed by atoms with Gasteiger partial charge in [0, 0.05) is 31.6 Å². The molecule has 8 heteroatoms. The molecule has 1 fully saturated rings. The predicted molar refractivity (Wildman–Crippen MR) is 147 cm³/mol. The number of unbranched alkanes of at least 4 members (excludes halogenated alkanes) is 1. The number of aromatic nitrogens is 4. The van der Waals surface area contributed by atoms with E-state index in [9.17, 15) is 4.79 Å². The second-order valence-corrected chi connectivity index (χ2v) is 10.0. The van der Waals surface area contributed by atoms with Crippen LogP contribution in [0.3, 0.4) is 0 Å². The van der Waals surface area contributed by atoms with E-state index in [1.54, 1.807) is 7.11 Å². The summed E-state index contributed by atoms with van der Waals surface area (Å²) in [5.41, 5.74) is 4.31. The number of likely N-dealkylation sites (tertiary alicyclic amines) is 1. The lowest BCUT2D eigenvalue weighted by atomic mass is 10.0. The molecule has 1 aliphatic heterocycles. The summed E-state index contributed by atoms with van der Waals surface area (Å²) in [6.07, 6.45) is 5.03. The number of benzene rings is 1. The number of methoxy groups -OCH3 is 1. The highest BCUT2D eigenvalue weighted by Gasteiger charge is 2.20. The zero-order valence-electron chi connectivity index (χ0n) is 22.2. The molecule has 0 saturated carbocycles. The molecule has 4 heterocycles. The zero-order chi connectivity index (χ0) is 25.8. The molecule has 3 aromatic heterocycles. The molecule has 37 heavy (non-hydrogen) atoms. The van der Waals surface area contributed by atoms with Crippen LogP contribution in [-0.2, 0) is 19.5 Å². The van der Waals surface area contributed by atoms with Gasteiger partial charge in [-0.1, -0.05) is 37.3 Å². The number of aryl methyl sites for hydroxylation is 3. The minimum Gasteiger partial charge on any atom is -0.481 e. The molecule has 8 nitrogen and oxygen atoms in total. The Balaban J connectivity index is 1.19. The Kier molecular flexibility index (Phi) is 7.86. The maximum atomic E-state index is 13.5.